The molecule has 2 rings (SSSR count). The Morgan fingerprint density at radius 2 is 2.05 bits per heavy atom. The molecule has 1 aromatic rings. The fourth-order valence-corrected chi connectivity index (χ4v) is 2.05. The molecule has 2 nitrogen and oxygen atoms in total. The maximum absolute atomic E-state index is 13.7. The van der Waals surface area contributed by atoms with Crippen LogP contribution in [0.15, 0.2) is 18.2 Å². The van der Waals surface area contributed by atoms with Crippen molar-refractivity contribution in [3.8, 4) is 12.3 Å². The Morgan fingerprint density at radius 3 is 2.58 bits per heavy atom. The van der Waals surface area contributed by atoms with Crippen LogP contribution in [0.5, 0.6) is 0 Å². The van der Waals surface area contributed by atoms with E-state index in [4.69, 9.17) is 6.42 Å². The van der Waals surface area contributed by atoms with Crippen molar-refractivity contribution in [3.05, 3.63) is 29.6 Å². The molecule has 0 spiro atoms. The standard InChI is InChI=1S/C13H9F4NO/c1-2-8-6-11(19)18(7-8)12-9(13(15,16)17)4-3-5-10(12)14/h1,3-5,8H,6-7H2. The van der Waals surface area contributed by atoms with E-state index in [-0.39, 0.29) is 13.0 Å². The molecule has 1 atom stereocenters. The summed E-state index contributed by atoms with van der Waals surface area (Å²) >= 11 is 0. The molecular formula is C13H9F4NO. The Bertz CT molecular complexity index is 559. The SMILES string of the molecule is C#CC1CC(=O)N(c2c(F)cccc2C(F)(F)F)C1. The fourth-order valence-electron chi connectivity index (χ4n) is 2.05. The zero-order valence-electron chi connectivity index (χ0n) is 9.67. The van der Waals surface area contributed by atoms with E-state index < -0.39 is 35.1 Å². The number of para-hydroxylation sites is 1. The number of carbonyl (C=O) groups is 1. The van der Waals surface area contributed by atoms with Gasteiger partial charge in [0.25, 0.3) is 0 Å². The number of anilines is 1. The molecule has 0 N–H and O–H groups in total. The molecular weight excluding hydrogens is 262 g/mol. The van der Waals surface area contributed by atoms with Crippen molar-refractivity contribution in [3.63, 3.8) is 0 Å². The van der Waals surface area contributed by atoms with Crippen LogP contribution >= 0.6 is 0 Å². The molecule has 6 heteroatoms. The molecule has 1 unspecified atom stereocenters. The lowest BCUT2D eigenvalue weighted by atomic mass is 10.1. The highest BCUT2D eigenvalue weighted by Gasteiger charge is 2.40. The number of hydrogen-bond acceptors (Lipinski definition) is 1. The van der Waals surface area contributed by atoms with Crippen molar-refractivity contribution in [2.45, 2.75) is 12.6 Å². The van der Waals surface area contributed by atoms with E-state index in [2.05, 4.69) is 5.92 Å². The van der Waals surface area contributed by atoms with Crippen LogP contribution in [0.1, 0.15) is 12.0 Å². The molecule has 1 heterocycles. The van der Waals surface area contributed by atoms with Gasteiger partial charge in [-0.1, -0.05) is 6.07 Å². The Kier molecular flexibility index (Phi) is 3.23. The summed E-state index contributed by atoms with van der Waals surface area (Å²) in [5, 5.41) is 0. The van der Waals surface area contributed by atoms with Gasteiger partial charge in [-0.05, 0) is 12.1 Å². The lowest BCUT2D eigenvalue weighted by Gasteiger charge is -2.21. The average Bonchev–Trinajstić information content (AvgIpc) is 2.69. The molecule has 1 aliphatic heterocycles. The van der Waals surface area contributed by atoms with Gasteiger partial charge in [0.15, 0.2) is 0 Å². The average molecular weight is 271 g/mol. The number of benzene rings is 1. The highest BCUT2D eigenvalue weighted by atomic mass is 19.4. The molecule has 1 saturated heterocycles. The van der Waals surface area contributed by atoms with Gasteiger partial charge in [0.05, 0.1) is 11.3 Å². The van der Waals surface area contributed by atoms with Crippen LogP contribution in [0.3, 0.4) is 0 Å². The summed E-state index contributed by atoms with van der Waals surface area (Å²) in [4.78, 5) is 12.5. The van der Waals surface area contributed by atoms with Crippen molar-refractivity contribution in [2.75, 3.05) is 11.4 Å². The summed E-state index contributed by atoms with van der Waals surface area (Å²) in [5.74, 6) is 0.132. The Labute approximate surface area is 107 Å². The maximum Gasteiger partial charge on any atom is 0.418 e. The topological polar surface area (TPSA) is 20.3 Å². The molecule has 0 aliphatic carbocycles. The molecule has 0 saturated carbocycles. The predicted molar refractivity (Wildman–Crippen MR) is 60.7 cm³/mol. The van der Waals surface area contributed by atoms with Crippen LogP contribution in [-0.4, -0.2) is 12.5 Å². The lowest BCUT2D eigenvalue weighted by molar-refractivity contribution is -0.137. The Hall–Kier alpha value is -2.03. The third-order valence-corrected chi connectivity index (χ3v) is 2.92. The summed E-state index contributed by atoms with van der Waals surface area (Å²) in [5.41, 5.74) is -1.91. The van der Waals surface area contributed by atoms with Crippen molar-refractivity contribution >= 4 is 11.6 Å². The smallest absolute Gasteiger partial charge is 0.308 e. The van der Waals surface area contributed by atoms with Crippen molar-refractivity contribution in [1.29, 1.82) is 0 Å². The Balaban J connectivity index is 2.51. The number of alkyl halides is 3. The molecule has 100 valence electrons. The summed E-state index contributed by atoms with van der Waals surface area (Å²) in [6.07, 6.45) is 0.356. The van der Waals surface area contributed by atoms with Crippen LogP contribution in [0.25, 0.3) is 0 Å². The van der Waals surface area contributed by atoms with E-state index in [1.165, 1.54) is 0 Å². The number of terminal acetylenes is 1. The van der Waals surface area contributed by atoms with Crippen LogP contribution in [0, 0.1) is 24.1 Å². The molecule has 19 heavy (non-hydrogen) atoms. The number of rotatable bonds is 1. The zero-order valence-corrected chi connectivity index (χ0v) is 9.67. The van der Waals surface area contributed by atoms with Crippen molar-refractivity contribution in [2.24, 2.45) is 5.92 Å². The number of nitrogens with zero attached hydrogens (tertiary/aromatic N) is 1. The third kappa shape index (κ3) is 2.41. The van der Waals surface area contributed by atoms with Gasteiger partial charge in [-0.15, -0.1) is 12.3 Å². The van der Waals surface area contributed by atoms with Gasteiger partial charge in [0, 0.05) is 18.9 Å². The summed E-state index contributed by atoms with van der Waals surface area (Å²) in [7, 11) is 0. The van der Waals surface area contributed by atoms with E-state index in [9.17, 15) is 22.4 Å². The number of carbonyl (C=O) groups excluding carboxylic acids is 1. The lowest BCUT2D eigenvalue weighted by Crippen LogP contribution is -2.28. The minimum atomic E-state index is -4.73. The molecule has 0 aromatic heterocycles. The first-order chi connectivity index (χ1) is 8.84. The van der Waals surface area contributed by atoms with E-state index in [0.717, 1.165) is 23.1 Å². The molecule has 1 fully saturated rings. The number of halogens is 4. The first-order valence-corrected chi connectivity index (χ1v) is 5.46. The van der Waals surface area contributed by atoms with Gasteiger partial charge in [-0.2, -0.15) is 13.2 Å². The largest absolute Gasteiger partial charge is 0.418 e. The molecule has 1 aromatic carbocycles. The van der Waals surface area contributed by atoms with Crippen molar-refractivity contribution in [1.82, 2.24) is 0 Å². The summed E-state index contributed by atoms with van der Waals surface area (Å²) in [6.45, 7) is -0.0979. The van der Waals surface area contributed by atoms with E-state index in [1.807, 2.05) is 0 Å². The Morgan fingerprint density at radius 1 is 1.37 bits per heavy atom. The monoisotopic (exact) mass is 271 g/mol. The van der Waals surface area contributed by atoms with E-state index in [1.54, 1.807) is 0 Å². The van der Waals surface area contributed by atoms with Gasteiger partial charge in [0.1, 0.15) is 5.82 Å². The normalized spacial score (nSPS) is 19.6. The zero-order chi connectivity index (χ0) is 14.2. The minimum absolute atomic E-state index is 0.0673. The molecule has 0 radical (unpaired) electrons. The summed E-state index contributed by atoms with van der Waals surface area (Å²) in [6, 6.07) is 2.59. The number of hydrogen-bond donors (Lipinski definition) is 0. The predicted octanol–water partition coefficient (Wildman–Crippen LogP) is 2.83. The minimum Gasteiger partial charge on any atom is -0.308 e. The second kappa shape index (κ2) is 4.57. The first-order valence-electron chi connectivity index (χ1n) is 5.46. The molecule has 1 aliphatic rings. The van der Waals surface area contributed by atoms with Gasteiger partial charge in [0.2, 0.25) is 5.91 Å². The van der Waals surface area contributed by atoms with E-state index >= 15 is 0 Å². The highest BCUT2D eigenvalue weighted by molar-refractivity contribution is 5.97. The second-order valence-corrected chi connectivity index (χ2v) is 4.21. The van der Waals surface area contributed by atoms with Gasteiger partial charge in [-0.25, -0.2) is 4.39 Å². The summed E-state index contributed by atoms with van der Waals surface area (Å²) < 4.78 is 52.2. The van der Waals surface area contributed by atoms with Gasteiger partial charge < -0.3 is 4.90 Å². The highest BCUT2D eigenvalue weighted by Crippen LogP contribution is 2.39. The fraction of sp³-hybridized carbons (Fsp3) is 0.308. The van der Waals surface area contributed by atoms with Crippen LogP contribution in [-0.2, 0) is 11.0 Å². The first kappa shape index (κ1) is 13.4. The van der Waals surface area contributed by atoms with Gasteiger partial charge in [-0.3, -0.25) is 4.79 Å². The molecule has 1 amide bonds. The van der Waals surface area contributed by atoms with Crippen LogP contribution < -0.4 is 4.90 Å². The van der Waals surface area contributed by atoms with Crippen LogP contribution in [0.4, 0.5) is 23.2 Å². The second-order valence-electron chi connectivity index (χ2n) is 4.21. The van der Waals surface area contributed by atoms with Gasteiger partial charge >= 0.3 is 6.18 Å². The molecule has 0 bridgehead atoms. The number of amides is 1. The third-order valence-electron chi connectivity index (χ3n) is 2.92. The quantitative estimate of drug-likeness (QED) is 0.568. The van der Waals surface area contributed by atoms with Crippen LogP contribution in [0.2, 0.25) is 0 Å². The maximum atomic E-state index is 13.7. The van der Waals surface area contributed by atoms with Crippen molar-refractivity contribution < 1.29 is 22.4 Å². The van der Waals surface area contributed by atoms with E-state index in [0.29, 0.717) is 0 Å².